The van der Waals surface area contributed by atoms with E-state index >= 15 is 0 Å². The van der Waals surface area contributed by atoms with Gasteiger partial charge in [-0.15, -0.1) is 0 Å². The zero-order valence-electron chi connectivity index (χ0n) is 10.8. The standard InChI is InChI=1S/C16H15NO2/c1-2-19-16(18)11-17-14-9-5-3-7-12(14)13-8-4-6-10-15(13)17/h3-10H,2,11H2,1H3. The number of fused-ring (bicyclic) bond motifs is 3. The largest absolute Gasteiger partial charge is 0.465 e. The molecule has 0 aliphatic rings. The molecule has 0 aliphatic heterocycles. The summed E-state index contributed by atoms with van der Waals surface area (Å²) >= 11 is 0. The van der Waals surface area contributed by atoms with Crippen molar-refractivity contribution in [1.29, 1.82) is 0 Å². The van der Waals surface area contributed by atoms with Crippen LogP contribution in [0.1, 0.15) is 6.92 Å². The van der Waals surface area contributed by atoms with E-state index < -0.39 is 0 Å². The number of hydrogen-bond acceptors (Lipinski definition) is 2. The molecule has 0 saturated heterocycles. The van der Waals surface area contributed by atoms with E-state index in [9.17, 15) is 4.79 Å². The Balaban J connectivity index is 2.22. The van der Waals surface area contributed by atoms with Crippen molar-refractivity contribution in [2.24, 2.45) is 0 Å². The van der Waals surface area contributed by atoms with Crippen molar-refractivity contribution in [2.45, 2.75) is 13.5 Å². The molecule has 19 heavy (non-hydrogen) atoms. The highest BCUT2D eigenvalue weighted by molar-refractivity contribution is 6.08. The molecule has 3 aromatic rings. The first-order valence-electron chi connectivity index (χ1n) is 6.43. The van der Waals surface area contributed by atoms with E-state index in [1.807, 2.05) is 47.9 Å². The molecule has 0 atom stereocenters. The van der Waals surface area contributed by atoms with Gasteiger partial charge < -0.3 is 9.30 Å². The minimum absolute atomic E-state index is 0.200. The summed E-state index contributed by atoms with van der Waals surface area (Å²) in [7, 11) is 0. The Bertz CT molecular complexity index is 689. The molecule has 0 aliphatic carbocycles. The zero-order valence-corrected chi connectivity index (χ0v) is 10.8. The van der Waals surface area contributed by atoms with E-state index in [4.69, 9.17) is 4.74 Å². The van der Waals surface area contributed by atoms with Crippen LogP contribution < -0.4 is 0 Å². The molecule has 3 rings (SSSR count). The Morgan fingerprint density at radius 3 is 2.05 bits per heavy atom. The van der Waals surface area contributed by atoms with Gasteiger partial charge >= 0.3 is 5.97 Å². The summed E-state index contributed by atoms with van der Waals surface area (Å²) in [6.07, 6.45) is 0. The number of benzene rings is 2. The van der Waals surface area contributed by atoms with E-state index in [1.54, 1.807) is 0 Å². The quantitative estimate of drug-likeness (QED) is 0.670. The Kier molecular flexibility index (Phi) is 2.95. The van der Waals surface area contributed by atoms with Gasteiger partial charge in [0.15, 0.2) is 0 Å². The smallest absolute Gasteiger partial charge is 0.325 e. The average molecular weight is 253 g/mol. The van der Waals surface area contributed by atoms with Crippen LogP contribution in [-0.2, 0) is 16.1 Å². The molecule has 0 fully saturated rings. The molecule has 0 amide bonds. The monoisotopic (exact) mass is 253 g/mol. The summed E-state index contributed by atoms with van der Waals surface area (Å²) in [6, 6.07) is 16.3. The summed E-state index contributed by atoms with van der Waals surface area (Å²) in [6.45, 7) is 2.49. The van der Waals surface area contributed by atoms with Crippen LogP contribution in [0.3, 0.4) is 0 Å². The fourth-order valence-electron chi connectivity index (χ4n) is 2.51. The second kappa shape index (κ2) is 4.76. The van der Waals surface area contributed by atoms with Crippen LogP contribution >= 0.6 is 0 Å². The van der Waals surface area contributed by atoms with Crippen LogP contribution in [0.15, 0.2) is 48.5 Å². The van der Waals surface area contributed by atoms with Gasteiger partial charge in [0, 0.05) is 21.8 Å². The molecule has 0 radical (unpaired) electrons. The van der Waals surface area contributed by atoms with E-state index in [-0.39, 0.29) is 12.5 Å². The number of hydrogen-bond donors (Lipinski definition) is 0. The molecule has 0 bridgehead atoms. The van der Waals surface area contributed by atoms with Crippen LogP contribution in [-0.4, -0.2) is 17.1 Å². The molecule has 96 valence electrons. The summed E-state index contributed by atoms with van der Waals surface area (Å²) < 4.78 is 7.07. The molecule has 0 saturated carbocycles. The number of carbonyl (C=O) groups is 1. The van der Waals surface area contributed by atoms with Crippen molar-refractivity contribution in [3.8, 4) is 0 Å². The predicted molar refractivity (Wildman–Crippen MR) is 76.1 cm³/mol. The Morgan fingerprint density at radius 2 is 1.53 bits per heavy atom. The molecule has 3 nitrogen and oxygen atoms in total. The maximum atomic E-state index is 11.8. The maximum absolute atomic E-state index is 11.8. The van der Waals surface area contributed by atoms with Gasteiger partial charge in [-0.3, -0.25) is 4.79 Å². The van der Waals surface area contributed by atoms with Gasteiger partial charge in [0.05, 0.1) is 6.61 Å². The number of ether oxygens (including phenoxy) is 1. The highest BCUT2D eigenvalue weighted by Gasteiger charge is 2.12. The first kappa shape index (κ1) is 11.8. The van der Waals surface area contributed by atoms with E-state index in [1.165, 1.54) is 10.8 Å². The minimum atomic E-state index is -0.200. The lowest BCUT2D eigenvalue weighted by Gasteiger charge is -2.06. The van der Waals surface area contributed by atoms with Crippen molar-refractivity contribution >= 4 is 27.8 Å². The van der Waals surface area contributed by atoms with Gasteiger partial charge in [-0.2, -0.15) is 0 Å². The molecule has 1 heterocycles. The molecule has 0 spiro atoms. The second-order valence-electron chi connectivity index (χ2n) is 4.43. The highest BCUT2D eigenvalue weighted by Crippen LogP contribution is 2.28. The SMILES string of the molecule is CCOC(=O)Cn1c2ccccc2c2ccccc21. The lowest BCUT2D eigenvalue weighted by atomic mass is 10.2. The normalized spacial score (nSPS) is 11.0. The zero-order chi connectivity index (χ0) is 13.2. The topological polar surface area (TPSA) is 31.2 Å². The molecule has 3 heteroatoms. The average Bonchev–Trinajstić information content (AvgIpc) is 2.75. The van der Waals surface area contributed by atoms with Gasteiger partial charge in [-0.1, -0.05) is 36.4 Å². The van der Waals surface area contributed by atoms with Gasteiger partial charge in [0.25, 0.3) is 0 Å². The van der Waals surface area contributed by atoms with Gasteiger partial charge in [-0.25, -0.2) is 0 Å². The number of nitrogens with zero attached hydrogens (tertiary/aromatic N) is 1. The molecular formula is C16H15NO2. The summed E-state index contributed by atoms with van der Waals surface area (Å²) in [5.74, 6) is -0.200. The summed E-state index contributed by atoms with van der Waals surface area (Å²) in [4.78, 5) is 11.8. The number of para-hydroxylation sites is 2. The van der Waals surface area contributed by atoms with Crippen LogP contribution in [0.25, 0.3) is 21.8 Å². The minimum Gasteiger partial charge on any atom is -0.465 e. The third-order valence-corrected chi connectivity index (χ3v) is 3.27. The second-order valence-corrected chi connectivity index (χ2v) is 4.43. The van der Waals surface area contributed by atoms with Crippen molar-refractivity contribution in [2.75, 3.05) is 6.61 Å². The van der Waals surface area contributed by atoms with Crippen LogP contribution in [0.2, 0.25) is 0 Å². The Labute approximate surface area is 111 Å². The number of rotatable bonds is 3. The third kappa shape index (κ3) is 1.97. The van der Waals surface area contributed by atoms with Crippen LogP contribution in [0, 0.1) is 0 Å². The highest BCUT2D eigenvalue weighted by atomic mass is 16.5. The number of aromatic nitrogens is 1. The molecule has 0 unspecified atom stereocenters. The lowest BCUT2D eigenvalue weighted by molar-refractivity contribution is -0.143. The number of carbonyl (C=O) groups excluding carboxylic acids is 1. The third-order valence-electron chi connectivity index (χ3n) is 3.27. The molecular weight excluding hydrogens is 238 g/mol. The molecule has 1 aromatic heterocycles. The van der Waals surface area contributed by atoms with Crippen LogP contribution in [0.4, 0.5) is 0 Å². The van der Waals surface area contributed by atoms with E-state index in [0.29, 0.717) is 6.61 Å². The fourth-order valence-corrected chi connectivity index (χ4v) is 2.51. The molecule has 0 N–H and O–H groups in total. The van der Waals surface area contributed by atoms with Crippen molar-refractivity contribution < 1.29 is 9.53 Å². The van der Waals surface area contributed by atoms with Gasteiger partial charge in [-0.05, 0) is 19.1 Å². The number of esters is 1. The summed E-state index contributed by atoms with van der Waals surface area (Å²) in [5, 5.41) is 2.34. The van der Waals surface area contributed by atoms with Gasteiger partial charge in [0.1, 0.15) is 6.54 Å². The molecule has 2 aromatic carbocycles. The fraction of sp³-hybridized carbons (Fsp3) is 0.188. The summed E-state index contributed by atoms with van der Waals surface area (Å²) in [5.41, 5.74) is 2.13. The van der Waals surface area contributed by atoms with Gasteiger partial charge in [0.2, 0.25) is 0 Å². The maximum Gasteiger partial charge on any atom is 0.325 e. The van der Waals surface area contributed by atoms with Crippen LogP contribution in [0.5, 0.6) is 0 Å². The van der Waals surface area contributed by atoms with Crippen molar-refractivity contribution in [3.05, 3.63) is 48.5 Å². The van der Waals surface area contributed by atoms with E-state index in [2.05, 4.69) is 12.1 Å². The first-order chi connectivity index (χ1) is 9.31. The Hall–Kier alpha value is -2.29. The lowest BCUT2D eigenvalue weighted by Crippen LogP contribution is -2.13. The van der Waals surface area contributed by atoms with Crippen molar-refractivity contribution in [1.82, 2.24) is 4.57 Å². The first-order valence-corrected chi connectivity index (χ1v) is 6.43. The van der Waals surface area contributed by atoms with E-state index in [0.717, 1.165) is 11.0 Å². The predicted octanol–water partition coefficient (Wildman–Crippen LogP) is 3.36. The van der Waals surface area contributed by atoms with Crippen molar-refractivity contribution in [3.63, 3.8) is 0 Å². The Morgan fingerprint density at radius 1 is 1.00 bits per heavy atom.